The lowest BCUT2D eigenvalue weighted by Gasteiger charge is -2.48. The molecule has 0 aliphatic carbocycles. The third-order valence-electron chi connectivity index (χ3n) is 4.61. The van der Waals surface area contributed by atoms with Crippen molar-refractivity contribution in [1.29, 1.82) is 0 Å². The van der Waals surface area contributed by atoms with Crippen molar-refractivity contribution in [2.24, 2.45) is 0 Å². The predicted molar refractivity (Wildman–Crippen MR) is 120 cm³/mol. The quantitative estimate of drug-likeness (QED) is 0.525. The van der Waals surface area contributed by atoms with Crippen LogP contribution in [0.2, 0.25) is 0 Å². The van der Waals surface area contributed by atoms with Crippen LogP contribution in [-0.2, 0) is 10.0 Å². The number of aliphatic hydroxyl groups is 1. The van der Waals surface area contributed by atoms with E-state index < -0.39 is 20.2 Å². The minimum absolute atomic E-state index is 0.0360. The molecular formula is C23H27NO3S2. The highest BCUT2D eigenvalue weighted by atomic mass is 32.3. The molecule has 0 radical (unpaired) electrons. The maximum Gasteiger partial charge on any atom is 0.222 e. The number of hydrogen-bond acceptors (Lipinski definition) is 3. The van der Waals surface area contributed by atoms with Crippen molar-refractivity contribution in [1.82, 2.24) is 3.71 Å². The molecule has 6 heteroatoms. The fraction of sp³-hybridized carbons (Fsp3) is 0.217. The first kappa shape index (κ1) is 21.6. The molecule has 0 unspecified atom stereocenters. The Labute approximate surface area is 175 Å². The summed E-state index contributed by atoms with van der Waals surface area (Å²) in [5, 5.41) is 9.88. The van der Waals surface area contributed by atoms with Crippen LogP contribution in [-0.4, -0.2) is 36.1 Å². The van der Waals surface area contributed by atoms with Crippen LogP contribution in [0.5, 0.6) is 0 Å². The molecule has 3 aromatic rings. The highest BCUT2D eigenvalue weighted by Gasteiger charge is 2.43. The van der Waals surface area contributed by atoms with Gasteiger partial charge < -0.3 is 5.11 Å². The minimum Gasteiger partial charge on any atom is -0.395 e. The van der Waals surface area contributed by atoms with E-state index >= 15 is 0 Å². The summed E-state index contributed by atoms with van der Waals surface area (Å²) in [5.74, 6) is 0.0360. The van der Waals surface area contributed by atoms with Crippen molar-refractivity contribution < 1.29 is 13.5 Å². The number of aliphatic hydroxyl groups excluding tert-OH is 1. The van der Waals surface area contributed by atoms with E-state index in [1.807, 2.05) is 97.9 Å². The van der Waals surface area contributed by atoms with Crippen molar-refractivity contribution in [3.8, 4) is 0 Å². The summed E-state index contributed by atoms with van der Waals surface area (Å²) in [4.78, 5) is 2.77. The maximum atomic E-state index is 13.5. The molecule has 4 nitrogen and oxygen atoms in total. The summed E-state index contributed by atoms with van der Waals surface area (Å²) in [6.45, 7) is 1.65. The average Bonchev–Trinajstić information content (AvgIpc) is 2.76. The minimum atomic E-state index is -3.63. The van der Waals surface area contributed by atoms with E-state index in [0.717, 1.165) is 14.7 Å². The van der Waals surface area contributed by atoms with E-state index in [9.17, 15) is 13.5 Å². The zero-order valence-electron chi connectivity index (χ0n) is 16.5. The first-order valence-electron chi connectivity index (χ1n) is 9.67. The van der Waals surface area contributed by atoms with Gasteiger partial charge in [0.15, 0.2) is 0 Å². The smallest absolute Gasteiger partial charge is 0.222 e. The molecule has 0 aliphatic rings. The van der Waals surface area contributed by atoms with Gasteiger partial charge in [-0.1, -0.05) is 71.7 Å². The van der Waals surface area contributed by atoms with Gasteiger partial charge in [-0.15, -0.1) is 3.71 Å². The molecule has 0 aliphatic heterocycles. The second kappa shape index (κ2) is 9.59. The molecule has 29 heavy (non-hydrogen) atoms. The van der Waals surface area contributed by atoms with Gasteiger partial charge in [0.25, 0.3) is 0 Å². The summed E-state index contributed by atoms with van der Waals surface area (Å²) in [7, 11) is -5.96. The lowest BCUT2D eigenvalue weighted by atomic mass is 10.4. The molecular weight excluding hydrogens is 402 g/mol. The Bertz CT molecular complexity index is 897. The Hall–Kier alpha value is -2.12. The molecule has 0 saturated heterocycles. The van der Waals surface area contributed by atoms with Crippen LogP contribution in [0.4, 0.5) is 0 Å². The van der Waals surface area contributed by atoms with Gasteiger partial charge in [0.2, 0.25) is 10.0 Å². The summed E-state index contributed by atoms with van der Waals surface area (Å²) in [6.07, 6.45) is 0.512. The Morgan fingerprint density at radius 3 is 1.41 bits per heavy atom. The molecule has 0 spiro atoms. The SMILES string of the molecule is CCCS(=O)(=O)N(CCO)S(c1ccccc1)(c1ccccc1)c1ccccc1. The molecule has 0 atom stereocenters. The Morgan fingerprint density at radius 1 is 0.724 bits per heavy atom. The molecule has 154 valence electrons. The van der Waals surface area contributed by atoms with Crippen molar-refractivity contribution in [2.75, 3.05) is 18.9 Å². The summed E-state index contributed by atoms with van der Waals surface area (Å²) in [6, 6.07) is 29.3. The molecule has 0 saturated carbocycles. The second-order valence-electron chi connectivity index (χ2n) is 6.59. The van der Waals surface area contributed by atoms with Crippen molar-refractivity contribution in [2.45, 2.75) is 28.0 Å². The normalized spacial score (nSPS) is 12.8. The van der Waals surface area contributed by atoms with Gasteiger partial charge in [0.05, 0.1) is 12.4 Å². The van der Waals surface area contributed by atoms with Crippen LogP contribution in [0.3, 0.4) is 0 Å². The number of benzene rings is 3. The van der Waals surface area contributed by atoms with Crippen LogP contribution >= 0.6 is 10.2 Å². The number of sulfonamides is 1. The van der Waals surface area contributed by atoms with E-state index in [2.05, 4.69) is 0 Å². The first-order chi connectivity index (χ1) is 14.1. The number of rotatable bonds is 9. The average molecular weight is 430 g/mol. The van der Waals surface area contributed by atoms with Crippen molar-refractivity contribution in [3.63, 3.8) is 0 Å². The first-order valence-corrected chi connectivity index (χ1v) is 12.9. The van der Waals surface area contributed by atoms with Gasteiger partial charge in [-0.25, -0.2) is 8.42 Å². The Morgan fingerprint density at radius 2 is 1.10 bits per heavy atom. The van der Waals surface area contributed by atoms with Crippen LogP contribution in [0, 0.1) is 0 Å². The van der Waals surface area contributed by atoms with E-state index in [4.69, 9.17) is 0 Å². The number of nitrogens with zero attached hydrogens (tertiary/aromatic N) is 1. The molecule has 0 bridgehead atoms. The zero-order valence-corrected chi connectivity index (χ0v) is 18.1. The number of hydrogen-bond donors (Lipinski definition) is 1. The standard InChI is InChI=1S/C23H27NO3S2/c1-2-20-28(26,27)24(18-19-25)29(21-12-6-3-7-13-21,22-14-8-4-9-15-22)23-16-10-5-11-17-23/h3-17,25H,2,18-20H2,1H3. The monoisotopic (exact) mass is 429 g/mol. The zero-order chi connectivity index (χ0) is 20.7. The molecule has 3 aromatic carbocycles. The van der Waals surface area contributed by atoms with E-state index in [-0.39, 0.29) is 18.9 Å². The van der Waals surface area contributed by atoms with Gasteiger partial charge in [0.1, 0.15) is 0 Å². The van der Waals surface area contributed by atoms with Gasteiger partial charge >= 0.3 is 0 Å². The predicted octanol–water partition coefficient (Wildman–Crippen LogP) is 4.92. The molecule has 0 heterocycles. The van der Waals surface area contributed by atoms with Crippen LogP contribution in [0.1, 0.15) is 13.3 Å². The molecule has 1 N–H and O–H groups in total. The molecule has 0 fully saturated rings. The fourth-order valence-corrected chi connectivity index (χ4v) is 10.5. The van der Waals surface area contributed by atoms with Gasteiger partial charge in [-0.2, -0.15) is 0 Å². The van der Waals surface area contributed by atoms with Crippen LogP contribution < -0.4 is 0 Å². The molecule has 0 amide bonds. The molecule has 3 rings (SSSR count). The second-order valence-corrected chi connectivity index (χ2v) is 11.8. The Kier molecular flexibility index (Phi) is 7.14. The summed E-state index contributed by atoms with van der Waals surface area (Å²) >= 11 is 0. The lowest BCUT2D eigenvalue weighted by Crippen LogP contribution is -2.38. The lowest BCUT2D eigenvalue weighted by molar-refractivity contribution is 0.283. The summed E-state index contributed by atoms with van der Waals surface area (Å²) < 4.78 is 28.6. The Balaban J connectivity index is 2.44. The van der Waals surface area contributed by atoms with Crippen LogP contribution in [0.25, 0.3) is 0 Å². The highest BCUT2D eigenvalue weighted by molar-refractivity contribution is 8.36. The molecule has 0 aromatic heterocycles. The van der Waals surface area contributed by atoms with Gasteiger partial charge in [-0.3, -0.25) is 0 Å². The summed E-state index contributed by atoms with van der Waals surface area (Å²) in [5.41, 5.74) is 0. The van der Waals surface area contributed by atoms with Crippen molar-refractivity contribution in [3.05, 3.63) is 91.0 Å². The topological polar surface area (TPSA) is 57.6 Å². The fourth-order valence-electron chi connectivity index (χ4n) is 3.50. The largest absolute Gasteiger partial charge is 0.395 e. The van der Waals surface area contributed by atoms with E-state index in [1.54, 1.807) is 3.71 Å². The van der Waals surface area contributed by atoms with Gasteiger partial charge in [-0.05, 0) is 42.8 Å². The van der Waals surface area contributed by atoms with E-state index in [0.29, 0.717) is 6.42 Å². The van der Waals surface area contributed by atoms with Gasteiger partial charge in [0, 0.05) is 21.2 Å². The third kappa shape index (κ3) is 4.26. The maximum absolute atomic E-state index is 13.5. The van der Waals surface area contributed by atoms with Crippen molar-refractivity contribution >= 4 is 20.2 Å². The van der Waals surface area contributed by atoms with E-state index in [1.165, 1.54) is 0 Å². The third-order valence-corrected chi connectivity index (χ3v) is 11.3. The highest BCUT2D eigenvalue weighted by Crippen LogP contribution is 2.71. The van der Waals surface area contributed by atoms with Crippen LogP contribution in [0.15, 0.2) is 106 Å².